The number of nitrogens with one attached hydrogen (secondary N) is 1. The van der Waals surface area contributed by atoms with Crippen LogP contribution in [0.15, 0.2) is 24.3 Å². The van der Waals surface area contributed by atoms with Gasteiger partial charge in [0.1, 0.15) is 0 Å². The second kappa shape index (κ2) is 7.89. The maximum Gasteiger partial charge on any atom is 0.269 e. The highest BCUT2D eigenvalue weighted by Crippen LogP contribution is 2.21. The van der Waals surface area contributed by atoms with Gasteiger partial charge in [0.05, 0.1) is 16.4 Å². The summed E-state index contributed by atoms with van der Waals surface area (Å²) < 4.78 is 23.5. The number of anilines is 1. The summed E-state index contributed by atoms with van der Waals surface area (Å²) in [4.78, 5) is 12.2. The van der Waals surface area contributed by atoms with Crippen LogP contribution in [0.4, 0.5) is 11.4 Å². The van der Waals surface area contributed by atoms with Crippen molar-refractivity contribution in [3.8, 4) is 0 Å². The zero-order valence-corrected chi connectivity index (χ0v) is 15.1. The first-order valence-corrected chi connectivity index (χ1v) is 10.1. The third-order valence-corrected chi connectivity index (χ3v) is 6.08. The number of nitro groups is 1. The van der Waals surface area contributed by atoms with Gasteiger partial charge in [-0.1, -0.05) is 13.3 Å². The average Bonchev–Trinajstić information content (AvgIpc) is 2.88. The molecule has 0 amide bonds. The molecule has 0 unspecified atom stereocenters. The van der Waals surface area contributed by atoms with Crippen molar-refractivity contribution in [1.82, 2.24) is 4.90 Å². The number of hydrogen-bond donors (Lipinski definition) is 1. The van der Waals surface area contributed by atoms with Crippen molar-refractivity contribution >= 4 is 38.5 Å². The number of non-ortho nitro benzene ring substituents is 1. The van der Waals surface area contributed by atoms with Crippen molar-refractivity contribution in [2.45, 2.75) is 32.2 Å². The molecule has 1 saturated heterocycles. The van der Waals surface area contributed by atoms with Crippen LogP contribution in [-0.4, -0.2) is 47.4 Å². The Morgan fingerprint density at radius 2 is 2.08 bits per heavy atom. The Kier molecular flexibility index (Phi) is 6.11. The zero-order valence-electron chi connectivity index (χ0n) is 13.5. The van der Waals surface area contributed by atoms with Crippen LogP contribution in [-0.2, 0) is 9.84 Å². The quantitative estimate of drug-likeness (QED) is 0.467. The topological polar surface area (TPSA) is 92.5 Å². The number of hydrogen-bond acceptors (Lipinski definition) is 5. The minimum Gasteiger partial charge on any atom is -0.345 e. The number of benzene rings is 1. The number of rotatable bonds is 6. The molecule has 0 radical (unpaired) electrons. The first-order chi connectivity index (χ1) is 11.3. The molecule has 7 nitrogen and oxygen atoms in total. The molecular formula is C15H21N3O4S2. The van der Waals surface area contributed by atoms with Crippen LogP contribution in [0.25, 0.3) is 0 Å². The van der Waals surface area contributed by atoms with E-state index >= 15 is 0 Å². The van der Waals surface area contributed by atoms with Crippen LogP contribution < -0.4 is 5.32 Å². The third-order valence-electron chi connectivity index (χ3n) is 3.99. The summed E-state index contributed by atoms with van der Waals surface area (Å²) >= 11 is 5.45. The van der Waals surface area contributed by atoms with E-state index in [1.807, 2.05) is 4.90 Å². The minimum atomic E-state index is -2.99. The van der Waals surface area contributed by atoms with Gasteiger partial charge in [-0.05, 0) is 37.2 Å². The molecule has 0 spiro atoms. The van der Waals surface area contributed by atoms with Gasteiger partial charge in [-0.15, -0.1) is 0 Å². The number of thiocarbonyl (C=S) groups is 1. The molecule has 1 aliphatic rings. The Hall–Kier alpha value is -1.74. The molecule has 1 fully saturated rings. The maximum atomic E-state index is 11.7. The Balaban J connectivity index is 2.08. The van der Waals surface area contributed by atoms with Crippen molar-refractivity contribution in [2.24, 2.45) is 0 Å². The molecule has 132 valence electrons. The Bertz CT molecular complexity index is 704. The molecule has 0 bridgehead atoms. The van der Waals surface area contributed by atoms with E-state index in [-0.39, 0.29) is 23.2 Å². The smallest absolute Gasteiger partial charge is 0.269 e. The molecule has 1 atom stereocenters. The van der Waals surface area contributed by atoms with Crippen LogP contribution in [0.5, 0.6) is 0 Å². The summed E-state index contributed by atoms with van der Waals surface area (Å²) in [5, 5.41) is 14.2. The summed E-state index contributed by atoms with van der Waals surface area (Å²) in [7, 11) is -2.99. The van der Waals surface area contributed by atoms with Crippen LogP contribution >= 0.6 is 12.2 Å². The SMILES string of the molecule is CCCCN(C(=S)Nc1ccc([N+](=O)[O-])cc1)[C@H]1CCS(=O)(=O)C1. The lowest BCUT2D eigenvalue weighted by Crippen LogP contribution is -2.44. The van der Waals surface area contributed by atoms with Crippen molar-refractivity contribution in [3.63, 3.8) is 0 Å². The van der Waals surface area contributed by atoms with Gasteiger partial charge >= 0.3 is 0 Å². The number of nitrogens with zero attached hydrogens (tertiary/aromatic N) is 2. The lowest BCUT2D eigenvalue weighted by atomic mass is 10.2. The lowest BCUT2D eigenvalue weighted by Gasteiger charge is -2.31. The molecule has 0 aliphatic carbocycles. The molecule has 1 heterocycles. The largest absolute Gasteiger partial charge is 0.345 e. The van der Waals surface area contributed by atoms with E-state index in [0.717, 1.165) is 12.8 Å². The molecule has 0 saturated carbocycles. The summed E-state index contributed by atoms with van der Waals surface area (Å²) in [5.41, 5.74) is 0.657. The molecule has 1 aromatic carbocycles. The van der Waals surface area contributed by atoms with Crippen LogP contribution in [0.2, 0.25) is 0 Å². The van der Waals surface area contributed by atoms with Crippen LogP contribution in [0, 0.1) is 10.1 Å². The molecule has 1 N–H and O–H groups in total. The fraction of sp³-hybridized carbons (Fsp3) is 0.533. The van der Waals surface area contributed by atoms with Crippen LogP contribution in [0.1, 0.15) is 26.2 Å². The normalized spacial score (nSPS) is 19.0. The van der Waals surface area contributed by atoms with Gasteiger partial charge in [0, 0.05) is 30.4 Å². The lowest BCUT2D eigenvalue weighted by molar-refractivity contribution is -0.384. The molecule has 9 heteroatoms. The second-order valence-electron chi connectivity index (χ2n) is 5.84. The van der Waals surface area contributed by atoms with Gasteiger partial charge in [-0.3, -0.25) is 10.1 Å². The van der Waals surface area contributed by atoms with Crippen molar-refractivity contribution in [3.05, 3.63) is 34.4 Å². The fourth-order valence-corrected chi connectivity index (χ4v) is 4.75. The highest BCUT2D eigenvalue weighted by Gasteiger charge is 2.33. The van der Waals surface area contributed by atoms with E-state index in [9.17, 15) is 18.5 Å². The monoisotopic (exact) mass is 371 g/mol. The minimum absolute atomic E-state index is 0.0104. The summed E-state index contributed by atoms with van der Waals surface area (Å²) in [5.74, 6) is 0.319. The van der Waals surface area contributed by atoms with E-state index in [2.05, 4.69) is 12.2 Å². The standard InChI is InChI=1S/C15H21N3O4S2/c1-2-3-9-17(14-8-10-24(21,22)11-14)15(23)16-12-4-6-13(7-5-12)18(19)20/h4-7,14H,2-3,8-11H2,1H3,(H,16,23)/t14-/m0/s1. The van der Waals surface area contributed by atoms with E-state index in [1.54, 1.807) is 12.1 Å². The van der Waals surface area contributed by atoms with E-state index in [1.165, 1.54) is 12.1 Å². The summed E-state index contributed by atoms with van der Waals surface area (Å²) in [6.07, 6.45) is 2.48. The highest BCUT2D eigenvalue weighted by molar-refractivity contribution is 7.91. The molecule has 1 aliphatic heterocycles. The zero-order chi connectivity index (χ0) is 17.7. The van der Waals surface area contributed by atoms with Gasteiger partial charge in [-0.25, -0.2) is 8.42 Å². The molecular weight excluding hydrogens is 350 g/mol. The maximum absolute atomic E-state index is 11.7. The van der Waals surface area contributed by atoms with E-state index in [0.29, 0.717) is 23.8 Å². The summed E-state index contributed by atoms with van der Waals surface area (Å²) in [6.45, 7) is 2.76. The molecule has 0 aromatic heterocycles. The van der Waals surface area contributed by atoms with Crippen molar-refractivity contribution < 1.29 is 13.3 Å². The van der Waals surface area contributed by atoms with Crippen molar-refractivity contribution in [1.29, 1.82) is 0 Å². The third kappa shape index (κ3) is 4.88. The number of nitro benzene ring substituents is 1. The average molecular weight is 371 g/mol. The molecule has 1 aromatic rings. The predicted molar refractivity (Wildman–Crippen MR) is 98.0 cm³/mol. The Labute approximate surface area is 147 Å². The molecule has 24 heavy (non-hydrogen) atoms. The van der Waals surface area contributed by atoms with Crippen LogP contribution in [0.3, 0.4) is 0 Å². The van der Waals surface area contributed by atoms with E-state index in [4.69, 9.17) is 12.2 Å². The predicted octanol–water partition coefficient (Wildman–Crippen LogP) is 2.58. The number of sulfone groups is 1. The first kappa shape index (κ1) is 18.6. The molecule has 2 rings (SSSR count). The van der Waals surface area contributed by atoms with E-state index < -0.39 is 14.8 Å². The van der Waals surface area contributed by atoms with Gasteiger partial charge in [0.25, 0.3) is 5.69 Å². The van der Waals surface area contributed by atoms with Gasteiger partial charge in [-0.2, -0.15) is 0 Å². The van der Waals surface area contributed by atoms with Gasteiger partial charge in [0.15, 0.2) is 14.9 Å². The summed E-state index contributed by atoms with van der Waals surface area (Å²) in [6, 6.07) is 5.88. The fourth-order valence-electron chi connectivity index (χ4n) is 2.66. The number of unbranched alkanes of at least 4 members (excludes halogenated alkanes) is 1. The second-order valence-corrected chi connectivity index (χ2v) is 8.45. The van der Waals surface area contributed by atoms with Gasteiger partial charge < -0.3 is 10.2 Å². The first-order valence-electron chi connectivity index (χ1n) is 7.85. The van der Waals surface area contributed by atoms with Gasteiger partial charge in [0.2, 0.25) is 0 Å². The Morgan fingerprint density at radius 1 is 1.42 bits per heavy atom. The highest BCUT2D eigenvalue weighted by atomic mass is 32.2. The Morgan fingerprint density at radius 3 is 2.58 bits per heavy atom. The van der Waals surface area contributed by atoms with Crippen molar-refractivity contribution in [2.75, 3.05) is 23.4 Å².